The number of nitrogens with zero attached hydrogens (tertiary/aromatic N) is 1. The Morgan fingerprint density at radius 1 is 1.22 bits per heavy atom. The molecule has 2 aliphatic rings. The third-order valence-electron chi connectivity index (χ3n) is 6.88. The van der Waals surface area contributed by atoms with E-state index in [-0.39, 0.29) is 30.3 Å². The van der Waals surface area contributed by atoms with Gasteiger partial charge in [-0.15, -0.1) is 0 Å². The fraction of sp³-hybridized carbons (Fsp3) is 0.692. The smallest absolute Gasteiger partial charge is 0.327 e. The van der Waals surface area contributed by atoms with Crippen molar-refractivity contribution in [3.63, 3.8) is 0 Å². The summed E-state index contributed by atoms with van der Waals surface area (Å²) in [6.45, 7) is 4.80. The third kappa shape index (κ3) is 7.09. The minimum Gasteiger partial charge on any atom is -0.503 e. The van der Waals surface area contributed by atoms with Gasteiger partial charge in [-0.05, 0) is 19.3 Å². The minimum atomic E-state index is -1.00. The monoisotopic (exact) mass is 506 g/mol. The van der Waals surface area contributed by atoms with Gasteiger partial charge in [-0.25, -0.2) is 0 Å². The zero-order valence-electron chi connectivity index (χ0n) is 21.5. The number of aromatic hydroxyl groups is 1. The maximum Gasteiger partial charge on any atom is 0.327 e. The molecule has 1 aromatic rings. The molecule has 4 atom stereocenters. The number of carbonyl (C=O) groups excluding carboxylic acids is 3. The van der Waals surface area contributed by atoms with Crippen LogP contribution in [0.3, 0.4) is 0 Å². The van der Waals surface area contributed by atoms with E-state index in [1.807, 2.05) is 0 Å². The number of pyridine rings is 1. The van der Waals surface area contributed by atoms with Crippen molar-refractivity contribution in [1.82, 2.24) is 10.3 Å². The Hall–Kier alpha value is -2.88. The van der Waals surface area contributed by atoms with Gasteiger partial charge < -0.3 is 24.1 Å². The second kappa shape index (κ2) is 12.9. The molecule has 3 rings (SSSR count). The number of nitrogens with one attached hydrogen (secondary N) is 1. The van der Waals surface area contributed by atoms with Gasteiger partial charge in [0.2, 0.25) is 0 Å². The van der Waals surface area contributed by atoms with Crippen LogP contribution in [0.1, 0.15) is 65.0 Å². The van der Waals surface area contributed by atoms with Crippen molar-refractivity contribution in [1.29, 1.82) is 0 Å². The predicted molar refractivity (Wildman–Crippen MR) is 129 cm³/mol. The number of rotatable bonds is 8. The quantitative estimate of drug-likeness (QED) is 0.400. The topological polar surface area (TPSA) is 133 Å². The summed E-state index contributed by atoms with van der Waals surface area (Å²) in [5, 5.41) is 13.2. The molecule has 0 spiro atoms. The number of ether oxygens (including phenoxy) is 4. The van der Waals surface area contributed by atoms with Gasteiger partial charge in [0.15, 0.2) is 17.6 Å². The van der Waals surface area contributed by atoms with E-state index in [4.69, 9.17) is 18.9 Å². The largest absolute Gasteiger partial charge is 0.503 e. The van der Waals surface area contributed by atoms with Gasteiger partial charge in [0.1, 0.15) is 18.8 Å². The molecule has 0 amide bonds. The first-order valence-electron chi connectivity index (χ1n) is 12.7. The number of hydrogen-bond donors (Lipinski definition) is 2. The van der Waals surface area contributed by atoms with Crippen molar-refractivity contribution in [2.24, 2.45) is 17.8 Å². The Balaban J connectivity index is 1.78. The number of carbonyl (C=O) groups is 3. The summed E-state index contributed by atoms with van der Waals surface area (Å²) in [5.41, 5.74) is 0.264. The predicted octanol–water partition coefficient (Wildman–Crippen LogP) is 2.90. The number of aromatic nitrogens is 1. The van der Waals surface area contributed by atoms with Crippen LogP contribution >= 0.6 is 0 Å². The molecule has 2 N–H and O–H groups in total. The second-order valence-electron chi connectivity index (χ2n) is 9.92. The highest BCUT2D eigenvalue weighted by Gasteiger charge is 2.42. The number of esters is 3. The summed E-state index contributed by atoms with van der Waals surface area (Å²) in [4.78, 5) is 42.9. The summed E-state index contributed by atoms with van der Waals surface area (Å²) in [7, 11) is 1.43. The van der Waals surface area contributed by atoms with Gasteiger partial charge in [0.25, 0.3) is 0 Å². The molecule has 4 unspecified atom stereocenters. The van der Waals surface area contributed by atoms with E-state index in [0.29, 0.717) is 12.3 Å². The first kappa shape index (κ1) is 27.7. The van der Waals surface area contributed by atoms with Crippen molar-refractivity contribution in [3.05, 3.63) is 18.0 Å². The van der Waals surface area contributed by atoms with Crippen LogP contribution in [0.15, 0.2) is 12.3 Å². The molecule has 1 aliphatic carbocycles. The van der Waals surface area contributed by atoms with Gasteiger partial charge in [-0.1, -0.05) is 46.0 Å². The average Bonchev–Trinajstić information content (AvgIpc) is 2.89. The molecular weight excluding hydrogens is 468 g/mol. The van der Waals surface area contributed by atoms with E-state index in [1.165, 1.54) is 25.8 Å². The standard InChI is InChI=1S/C26H38N2O8/c1-15(2)24(30)36-23-16(3)35-26(32)20(28-13-19-22(29)21(33-4)10-11-27-19)14-34-25(31)18(23)12-17-8-6-5-7-9-17/h10-11,15-18,20,23,28-29H,5-9,12-14H2,1-4H3. The Labute approximate surface area is 212 Å². The van der Waals surface area contributed by atoms with Crippen molar-refractivity contribution < 1.29 is 38.4 Å². The zero-order valence-corrected chi connectivity index (χ0v) is 21.5. The number of cyclic esters (lactones) is 2. The van der Waals surface area contributed by atoms with Gasteiger partial charge >= 0.3 is 17.9 Å². The van der Waals surface area contributed by atoms with E-state index in [2.05, 4.69) is 10.3 Å². The Morgan fingerprint density at radius 3 is 2.61 bits per heavy atom. The maximum absolute atomic E-state index is 13.3. The highest BCUT2D eigenvalue weighted by Crippen LogP contribution is 2.33. The Bertz CT molecular complexity index is 915. The van der Waals surface area contributed by atoms with Gasteiger partial charge in [0, 0.05) is 18.8 Å². The molecule has 1 aliphatic heterocycles. The number of methoxy groups -OCH3 is 1. The van der Waals surface area contributed by atoms with E-state index < -0.39 is 48.0 Å². The van der Waals surface area contributed by atoms with Crippen LogP contribution in [0.5, 0.6) is 11.5 Å². The van der Waals surface area contributed by atoms with E-state index in [9.17, 15) is 19.5 Å². The van der Waals surface area contributed by atoms with Gasteiger partial charge in [-0.2, -0.15) is 0 Å². The normalized spacial score (nSPS) is 25.8. The molecule has 2 heterocycles. The highest BCUT2D eigenvalue weighted by molar-refractivity contribution is 5.79. The molecule has 2 fully saturated rings. The third-order valence-corrected chi connectivity index (χ3v) is 6.88. The summed E-state index contributed by atoms with van der Waals surface area (Å²) in [6.07, 6.45) is 5.58. The van der Waals surface area contributed by atoms with Crippen LogP contribution in [-0.2, 0) is 35.1 Å². The molecule has 1 saturated heterocycles. The summed E-state index contributed by atoms with van der Waals surface area (Å²) >= 11 is 0. The van der Waals surface area contributed by atoms with Crippen molar-refractivity contribution in [2.45, 2.75) is 84.1 Å². The molecular formula is C26H38N2O8. The average molecular weight is 507 g/mol. The Morgan fingerprint density at radius 2 is 1.94 bits per heavy atom. The molecule has 36 heavy (non-hydrogen) atoms. The highest BCUT2D eigenvalue weighted by atomic mass is 16.6. The second-order valence-corrected chi connectivity index (χ2v) is 9.92. The summed E-state index contributed by atoms with van der Waals surface area (Å²) in [6, 6.07) is 0.514. The summed E-state index contributed by atoms with van der Waals surface area (Å²) < 4.78 is 22.1. The van der Waals surface area contributed by atoms with Crippen molar-refractivity contribution in [3.8, 4) is 11.5 Å². The van der Waals surface area contributed by atoms with Gasteiger partial charge in [-0.3, -0.25) is 24.7 Å². The fourth-order valence-corrected chi connectivity index (χ4v) is 4.73. The summed E-state index contributed by atoms with van der Waals surface area (Å²) in [5.74, 6) is -2.34. The first-order chi connectivity index (χ1) is 17.2. The van der Waals surface area contributed by atoms with Crippen LogP contribution in [0.4, 0.5) is 0 Å². The molecule has 10 nitrogen and oxygen atoms in total. The van der Waals surface area contributed by atoms with Gasteiger partial charge in [0.05, 0.1) is 24.6 Å². The molecule has 200 valence electrons. The van der Waals surface area contributed by atoms with E-state index in [0.717, 1.165) is 25.7 Å². The molecule has 0 aromatic carbocycles. The van der Waals surface area contributed by atoms with Crippen molar-refractivity contribution in [2.75, 3.05) is 13.7 Å². The zero-order chi connectivity index (χ0) is 26.2. The van der Waals surface area contributed by atoms with E-state index >= 15 is 0 Å². The van der Waals surface area contributed by atoms with Crippen LogP contribution in [-0.4, -0.2) is 60.0 Å². The first-order valence-corrected chi connectivity index (χ1v) is 12.7. The lowest BCUT2D eigenvalue weighted by Crippen LogP contribution is -2.45. The Kier molecular flexibility index (Phi) is 9.92. The maximum atomic E-state index is 13.3. The van der Waals surface area contributed by atoms with E-state index in [1.54, 1.807) is 20.8 Å². The lowest BCUT2D eigenvalue weighted by molar-refractivity contribution is -0.177. The SMILES string of the molecule is COc1ccnc(CNC2COC(=O)C(CC3CCCCC3)C(OC(=O)C(C)C)C(C)OC2=O)c1O. The molecule has 1 saturated carbocycles. The van der Waals surface area contributed by atoms with Crippen LogP contribution in [0, 0.1) is 17.8 Å². The van der Waals surface area contributed by atoms with Crippen LogP contribution in [0.2, 0.25) is 0 Å². The molecule has 0 radical (unpaired) electrons. The lowest BCUT2D eigenvalue weighted by atomic mass is 9.80. The fourth-order valence-electron chi connectivity index (χ4n) is 4.73. The van der Waals surface area contributed by atoms with Crippen LogP contribution in [0.25, 0.3) is 0 Å². The molecule has 1 aromatic heterocycles. The molecule has 10 heteroatoms. The van der Waals surface area contributed by atoms with Crippen molar-refractivity contribution >= 4 is 17.9 Å². The van der Waals surface area contributed by atoms with Crippen LogP contribution < -0.4 is 10.1 Å². The minimum absolute atomic E-state index is 0.00595. The lowest BCUT2D eigenvalue weighted by Gasteiger charge is -2.32. The molecule has 0 bridgehead atoms. The number of hydrogen-bond acceptors (Lipinski definition) is 10.